The number of aliphatic hydroxyl groups is 1. The molecule has 42 heavy (non-hydrogen) atoms. The zero-order chi connectivity index (χ0) is 30.6. The number of benzene rings is 3. The van der Waals surface area contributed by atoms with Crippen LogP contribution in [0.5, 0.6) is 0 Å². The maximum Gasteiger partial charge on any atom is 0.488 e. The van der Waals surface area contributed by atoms with Gasteiger partial charge in [0.25, 0.3) is 0 Å². The van der Waals surface area contributed by atoms with Crippen molar-refractivity contribution in [3.05, 3.63) is 116 Å². The molecule has 6 aromatic rings. The van der Waals surface area contributed by atoms with Crippen LogP contribution in [0.2, 0.25) is 0 Å². The second-order valence-corrected chi connectivity index (χ2v) is 9.53. The van der Waals surface area contributed by atoms with Crippen LogP contribution in [0.15, 0.2) is 114 Å². The van der Waals surface area contributed by atoms with Crippen molar-refractivity contribution in [2.45, 2.75) is 34.1 Å². The second-order valence-electron chi connectivity index (χ2n) is 9.53. The molecule has 0 radical (unpaired) electrons. The maximum atomic E-state index is 9.14. The Morgan fingerprint density at radius 2 is 1.60 bits per heavy atom. The van der Waals surface area contributed by atoms with Crippen LogP contribution in [0, 0.1) is 0 Å². The third kappa shape index (κ3) is 7.69. The lowest BCUT2D eigenvalue weighted by Crippen LogP contribution is -2.29. The standard InChI is InChI=1S/C16H14N2O.C12H10BNO2.C3H6O.C3H8/c1-3-7-11(8-4-2)15-14-12-9-5-6-10-13(12)19-16(14)18-17-15;15-13(16)8-5-6-12-10(7-8)9-3-1-2-4-11(9)14-12;1-3(2)4;1-3-2/h3-10H,1H2,2H3,(H,17,18);1-7,14-16H;4H,1H2,2H3;3H2,1-2H3/b8-4-,11-7+;;;. The molecule has 0 aliphatic rings. The number of aliphatic hydroxyl groups excluding tert-OH is 1. The van der Waals surface area contributed by atoms with Gasteiger partial charge in [-0.25, -0.2) is 0 Å². The zero-order valence-electron chi connectivity index (χ0n) is 24.6. The quantitative estimate of drug-likeness (QED) is 0.0848. The number of fused-ring (bicyclic) bond motifs is 6. The monoisotopic (exact) mass is 563 g/mol. The molecule has 3 aromatic carbocycles. The molecule has 0 bridgehead atoms. The van der Waals surface area contributed by atoms with Crippen molar-refractivity contribution in [2.24, 2.45) is 0 Å². The van der Waals surface area contributed by atoms with Crippen LogP contribution in [-0.2, 0) is 0 Å². The van der Waals surface area contributed by atoms with E-state index < -0.39 is 7.12 Å². The number of allylic oxidation sites excluding steroid dienone is 6. The van der Waals surface area contributed by atoms with E-state index in [1.165, 1.54) is 13.3 Å². The summed E-state index contributed by atoms with van der Waals surface area (Å²) in [4.78, 5) is 3.28. The molecule has 0 unspecified atom stereocenters. The molecule has 3 aromatic heterocycles. The van der Waals surface area contributed by atoms with Gasteiger partial charge in [-0.3, -0.25) is 5.10 Å². The number of nitrogens with zero attached hydrogens (tertiary/aromatic N) is 1. The third-order valence-corrected chi connectivity index (χ3v) is 5.86. The average molecular weight is 564 g/mol. The van der Waals surface area contributed by atoms with E-state index >= 15 is 0 Å². The van der Waals surface area contributed by atoms with Gasteiger partial charge in [0.15, 0.2) is 0 Å². The summed E-state index contributed by atoms with van der Waals surface area (Å²) < 4.78 is 5.72. The summed E-state index contributed by atoms with van der Waals surface area (Å²) in [6, 6.07) is 21.3. The third-order valence-electron chi connectivity index (χ3n) is 5.86. The van der Waals surface area contributed by atoms with E-state index in [1.807, 2.05) is 79.7 Å². The van der Waals surface area contributed by atoms with Gasteiger partial charge in [-0.05, 0) is 43.1 Å². The Kier molecular flexibility index (Phi) is 11.5. The van der Waals surface area contributed by atoms with Crippen molar-refractivity contribution >= 4 is 62.0 Å². The Hall–Kier alpha value is -4.79. The Morgan fingerprint density at radius 3 is 2.24 bits per heavy atom. The minimum Gasteiger partial charge on any atom is -0.513 e. The molecule has 0 saturated heterocycles. The fourth-order valence-corrected chi connectivity index (χ4v) is 4.28. The molecule has 0 amide bonds. The number of aromatic nitrogens is 3. The van der Waals surface area contributed by atoms with Crippen molar-refractivity contribution < 1.29 is 19.6 Å². The number of H-pyrrole nitrogens is 2. The number of aromatic amines is 2. The first kappa shape index (κ1) is 31.7. The Labute approximate surface area is 246 Å². The normalized spacial score (nSPS) is 11.0. The lowest BCUT2D eigenvalue weighted by Gasteiger charge is -1.98. The van der Waals surface area contributed by atoms with Gasteiger partial charge in [0.05, 0.1) is 16.8 Å². The van der Waals surface area contributed by atoms with E-state index in [1.54, 1.807) is 18.2 Å². The van der Waals surface area contributed by atoms with Gasteiger partial charge in [-0.1, -0.05) is 106 Å². The van der Waals surface area contributed by atoms with E-state index in [2.05, 4.69) is 42.2 Å². The van der Waals surface area contributed by atoms with Crippen molar-refractivity contribution in [2.75, 3.05) is 0 Å². The van der Waals surface area contributed by atoms with Crippen molar-refractivity contribution in [1.82, 2.24) is 15.2 Å². The van der Waals surface area contributed by atoms with Crippen LogP contribution in [-0.4, -0.2) is 37.5 Å². The Balaban J connectivity index is 0.000000191. The maximum absolute atomic E-state index is 9.14. The molecule has 0 saturated carbocycles. The van der Waals surface area contributed by atoms with Crippen LogP contribution in [0.4, 0.5) is 0 Å². The van der Waals surface area contributed by atoms with E-state index in [0.29, 0.717) is 11.2 Å². The molecule has 7 nitrogen and oxygen atoms in total. The van der Waals surface area contributed by atoms with Crippen LogP contribution >= 0.6 is 0 Å². The van der Waals surface area contributed by atoms with Crippen LogP contribution in [0.25, 0.3) is 49.4 Å². The highest BCUT2D eigenvalue weighted by Crippen LogP contribution is 2.33. The van der Waals surface area contributed by atoms with Gasteiger partial charge >= 0.3 is 7.12 Å². The van der Waals surface area contributed by atoms with E-state index in [-0.39, 0.29) is 5.76 Å². The molecule has 8 heteroatoms. The van der Waals surface area contributed by atoms with Crippen LogP contribution in [0.1, 0.15) is 39.8 Å². The fourth-order valence-electron chi connectivity index (χ4n) is 4.28. The molecule has 0 atom stereocenters. The summed E-state index contributed by atoms with van der Waals surface area (Å²) in [5.74, 6) is 0.167. The topological polar surface area (TPSA) is 118 Å². The van der Waals surface area contributed by atoms with Gasteiger partial charge in [-0.2, -0.15) is 0 Å². The number of furan rings is 1. The summed E-state index contributed by atoms with van der Waals surface area (Å²) >= 11 is 0. The van der Waals surface area contributed by atoms with Gasteiger partial charge in [-0.15, -0.1) is 5.10 Å². The lowest BCUT2D eigenvalue weighted by molar-refractivity contribution is 0.417. The summed E-state index contributed by atoms with van der Waals surface area (Å²) in [5.41, 5.74) is 6.05. The smallest absolute Gasteiger partial charge is 0.488 e. The summed E-state index contributed by atoms with van der Waals surface area (Å²) in [6.07, 6.45) is 8.99. The molecule has 6 rings (SSSR count). The largest absolute Gasteiger partial charge is 0.513 e. The molecular formula is C34H38BN3O4. The van der Waals surface area contributed by atoms with Crippen molar-refractivity contribution in [3.63, 3.8) is 0 Å². The molecule has 5 N–H and O–H groups in total. The molecule has 0 aliphatic carbocycles. The average Bonchev–Trinajstić information content (AvgIpc) is 3.65. The molecule has 3 heterocycles. The number of hydrogen-bond donors (Lipinski definition) is 5. The van der Waals surface area contributed by atoms with E-state index in [0.717, 1.165) is 49.4 Å². The second kappa shape index (κ2) is 15.3. The van der Waals surface area contributed by atoms with Crippen molar-refractivity contribution in [1.29, 1.82) is 0 Å². The van der Waals surface area contributed by atoms with Crippen LogP contribution < -0.4 is 5.46 Å². The number of nitrogens with one attached hydrogen (secondary N) is 2. The van der Waals surface area contributed by atoms with Gasteiger partial charge in [0.1, 0.15) is 5.58 Å². The first-order valence-corrected chi connectivity index (χ1v) is 13.8. The highest BCUT2D eigenvalue weighted by atomic mass is 16.4. The summed E-state index contributed by atoms with van der Waals surface area (Å²) in [5, 5.41) is 37.6. The predicted molar refractivity (Wildman–Crippen MR) is 178 cm³/mol. The Morgan fingerprint density at radius 1 is 0.976 bits per heavy atom. The highest BCUT2D eigenvalue weighted by Gasteiger charge is 2.15. The number of rotatable bonds is 4. The molecule has 216 valence electrons. The summed E-state index contributed by atoms with van der Waals surface area (Å²) in [6.45, 7) is 14.6. The molecular weight excluding hydrogens is 525 g/mol. The minimum absolute atomic E-state index is 0.167. The lowest BCUT2D eigenvalue weighted by atomic mass is 9.80. The highest BCUT2D eigenvalue weighted by molar-refractivity contribution is 6.59. The first-order valence-electron chi connectivity index (χ1n) is 13.8. The van der Waals surface area contributed by atoms with Crippen molar-refractivity contribution in [3.8, 4) is 0 Å². The molecule has 0 spiro atoms. The van der Waals surface area contributed by atoms with E-state index in [9.17, 15) is 0 Å². The zero-order valence-corrected chi connectivity index (χ0v) is 24.6. The molecule has 0 aliphatic heterocycles. The van der Waals surface area contributed by atoms with Gasteiger partial charge in [0.2, 0.25) is 5.71 Å². The number of para-hydroxylation sites is 2. The van der Waals surface area contributed by atoms with Gasteiger partial charge < -0.3 is 24.6 Å². The first-order chi connectivity index (χ1) is 20.2. The number of hydrogen-bond acceptors (Lipinski definition) is 5. The molecule has 0 fully saturated rings. The Bertz CT molecular complexity index is 1840. The minimum atomic E-state index is -1.42. The fraction of sp³-hybridized carbons (Fsp3) is 0.147. The summed E-state index contributed by atoms with van der Waals surface area (Å²) in [7, 11) is -1.42. The van der Waals surface area contributed by atoms with Crippen LogP contribution in [0.3, 0.4) is 0 Å². The predicted octanol–water partition coefficient (Wildman–Crippen LogP) is 7.95. The van der Waals surface area contributed by atoms with Gasteiger partial charge in [0, 0.05) is 27.2 Å². The van der Waals surface area contributed by atoms with E-state index in [4.69, 9.17) is 19.6 Å². The SMILES string of the molecule is C=C(C)O.C=C/C=C(\C=C/C)c1[nH]nc2oc3ccccc3c12.CCC.OB(O)c1ccc2[nH]c3ccccc3c2c1.